The maximum atomic E-state index is 14.1. The summed E-state index contributed by atoms with van der Waals surface area (Å²) >= 11 is 0. The zero-order chi connectivity index (χ0) is 37.7. The van der Waals surface area contributed by atoms with Crippen LogP contribution in [0.15, 0.2) is 60.7 Å². The standard InChI is InChI=1S/C40H57N5O7/c1-27(2)22-32(36(47)40(5)26-52-40)42-39(50)34(24-30-14-10-7-11-15-30)44-38(49)33(23-28(3)4)43-37(48)31(17-16-29-12-8-6-9-13-29)41-35(46)25-45-18-20-51-21-19-45/h6-15,27-28,31-34H,16-26H2,1-5H3,(H,41,46)(H,42,50)(H,43,48)(H,44,49)/t31-,32?,33+,34-,40+/m0/s1. The van der Waals surface area contributed by atoms with Crippen molar-refractivity contribution in [3.63, 3.8) is 0 Å². The first-order valence-corrected chi connectivity index (χ1v) is 18.6. The Hall–Kier alpha value is -4.13. The van der Waals surface area contributed by atoms with Gasteiger partial charge >= 0.3 is 0 Å². The summed E-state index contributed by atoms with van der Waals surface area (Å²) in [6.07, 6.45) is 1.76. The number of amides is 4. The number of ketones is 1. The van der Waals surface area contributed by atoms with Crippen LogP contribution in [0.25, 0.3) is 0 Å². The molecular weight excluding hydrogens is 662 g/mol. The number of nitrogens with zero attached hydrogens (tertiary/aromatic N) is 1. The molecule has 2 aliphatic rings. The van der Waals surface area contributed by atoms with E-state index in [9.17, 15) is 24.0 Å². The third-order valence-electron chi connectivity index (χ3n) is 9.38. The van der Waals surface area contributed by atoms with E-state index in [0.717, 1.165) is 11.1 Å². The molecule has 0 aliphatic carbocycles. The van der Waals surface area contributed by atoms with Crippen molar-refractivity contribution in [2.45, 2.75) is 96.5 Å². The summed E-state index contributed by atoms with van der Waals surface area (Å²) in [7, 11) is 0. The van der Waals surface area contributed by atoms with Gasteiger partial charge in [-0.15, -0.1) is 0 Å². The average molecular weight is 720 g/mol. The van der Waals surface area contributed by atoms with E-state index < -0.39 is 47.5 Å². The second-order valence-corrected chi connectivity index (χ2v) is 15.0. The highest BCUT2D eigenvalue weighted by Crippen LogP contribution is 2.29. The first-order valence-electron chi connectivity index (χ1n) is 18.6. The fourth-order valence-electron chi connectivity index (χ4n) is 6.33. The minimum absolute atomic E-state index is 0.0171. The van der Waals surface area contributed by atoms with Crippen molar-refractivity contribution in [1.82, 2.24) is 26.2 Å². The third kappa shape index (κ3) is 13.1. The number of ether oxygens (including phenoxy) is 2. The lowest BCUT2D eigenvalue weighted by Gasteiger charge is -2.29. The van der Waals surface area contributed by atoms with Crippen molar-refractivity contribution in [1.29, 1.82) is 0 Å². The van der Waals surface area contributed by atoms with Gasteiger partial charge in [-0.25, -0.2) is 0 Å². The van der Waals surface area contributed by atoms with E-state index in [-0.39, 0.29) is 36.5 Å². The Morgan fingerprint density at radius 3 is 1.77 bits per heavy atom. The summed E-state index contributed by atoms with van der Waals surface area (Å²) in [6, 6.07) is 15.3. The summed E-state index contributed by atoms with van der Waals surface area (Å²) in [5, 5.41) is 11.7. The minimum atomic E-state index is -1.03. The second-order valence-electron chi connectivity index (χ2n) is 15.0. The van der Waals surface area contributed by atoms with Gasteiger partial charge in [0.15, 0.2) is 5.78 Å². The largest absolute Gasteiger partial charge is 0.379 e. The molecule has 0 bridgehead atoms. The minimum Gasteiger partial charge on any atom is -0.379 e. The number of aryl methyl sites for hydroxylation is 1. The number of hydrogen-bond acceptors (Lipinski definition) is 8. The molecule has 4 rings (SSSR count). The van der Waals surface area contributed by atoms with E-state index in [1.165, 1.54) is 0 Å². The molecule has 284 valence electrons. The van der Waals surface area contributed by atoms with E-state index in [2.05, 4.69) is 21.3 Å². The fourth-order valence-corrected chi connectivity index (χ4v) is 6.33. The number of epoxide rings is 1. The van der Waals surface area contributed by atoms with Gasteiger partial charge in [0.1, 0.15) is 23.7 Å². The maximum absolute atomic E-state index is 14.1. The molecule has 1 unspecified atom stereocenters. The van der Waals surface area contributed by atoms with Crippen LogP contribution >= 0.6 is 0 Å². The molecule has 4 N–H and O–H groups in total. The zero-order valence-corrected chi connectivity index (χ0v) is 31.3. The molecule has 2 saturated heterocycles. The molecular formula is C40H57N5O7. The van der Waals surface area contributed by atoms with Crippen LogP contribution in [0.1, 0.15) is 65.0 Å². The van der Waals surface area contributed by atoms with Gasteiger partial charge in [-0.3, -0.25) is 28.9 Å². The molecule has 2 aromatic carbocycles. The summed E-state index contributed by atoms with van der Waals surface area (Å²) < 4.78 is 10.8. The number of benzene rings is 2. The lowest BCUT2D eigenvalue weighted by Crippen LogP contribution is -2.59. The second kappa shape index (κ2) is 19.6. The van der Waals surface area contributed by atoms with Gasteiger partial charge in [-0.1, -0.05) is 88.4 Å². The lowest BCUT2D eigenvalue weighted by atomic mass is 9.93. The van der Waals surface area contributed by atoms with Crippen molar-refractivity contribution < 1.29 is 33.4 Å². The Bertz CT molecular complexity index is 1480. The van der Waals surface area contributed by atoms with Crippen molar-refractivity contribution in [2.75, 3.05) is 39.5 Å². The van der Waals surface area contributed by atoms with Crippen LogP contribution < -0.4 is 21.3 Å². The van der Waals surface area contributed by atoms with E-state index in [4.69, 9.17) is 9.47 Å². The number of nitrogens with one attached hydrogen (secondary N) is 4. The van der Waals surface area contributed by atoms with Gasteiger partial charge in [0.2, 0.25) is 23.6 Å². The van der Waals surface area contributed by atoms with Crippen molar-refractivity contribution in [3.8, 4) is 0 Å². The molecule has 2 aliphatic heterocycles. The van der Waals surface area contributed by atoms with Gasteiger partial charge < -0.3 is 30.7 Å². The van der Waals surface area contributed by atoms with Crippen LogP contribution in [0.2, 0.25) is 0 Å². The molecule has 0 radical (unpaired) electrons. The van der Waals surface area contributed by atoms with Gasteiger partial charge in [0.25, 0.3) is 0 Å². The molecule has 0 aromatic heterocycles. The Kier molecular flexibility index (Phi) is 15.3. The fraction of sp³-hybridized carbons (Fsp3) is 0.575. The molecule has 12 nitrogen and oxygen atoms in total. The smallest absolute Gasteiger partial charge is 0.243 e. The number of Topliss-reactive ketones (excluding diaryl/α,β-unsaturated/α-hetero) is 1. The van der Waals surface area contributed by atoms with E-state index in [1.54, 1.807) is 6.92 Å². The molecule has 0 saturated carbocycles. The monoisotopic (exact) mass is 719 g/mol. The van der Waals surface area contributed by atoms with Gasteiger partial charge in [0, 0.05) is 19.5 Å². The number of hydrogen-bond donors (Lipinski definition) is 4. The Labute approximate surface area is 308 Å². The molecule has 4 amide bonds. The molecule has 0 spiro atoms. The van der Waals surface area contributed by atoms with Gasteiger partial charge in [-0.2, -0.15) is 0 Å². The highest BCUT2D eigenvalue weighted by atomic mass is 16.6. The predicted octanol–water partition coefficient (Wildman–Crippen LogP) is 2.58. The Morgan fingerprint density at radius 1 is 0.692 bits per heavy atom. The van der Waals surface area contributed by atoms with Crippen LogP contribution in [0.4, 0.5) is 0 Å². The molecule has 12 heteroatoms. The SMILES string of the molecule is CC(C)CC(NC(=O)[C@H](Cc1ccccc1)NC(=O)[C@@H](CC(C)C)NC(=O)[C@H](CCc1ccccc1)NC(=O)CN1CCOCC1)C(=O)[C@@]1(C)CO1. The highest BCUT2D eigenvalue weighted by molar-refractivity contribution is 5.98. The quantitative estimate of drug-likeness (QED) is 0.152. The highest BCUT2D eigenvalue weighted by Gasteiger charge is 2.50. The number of carbonyl (C=O) groups is 5. The van der Waals surface area contributed by atoms with Crippen LogP contribution in [0.3, 0.4) is 0 Å². The molecule has 2 aromatic rings. The van der Waals surface area contributed by atoms with Crippen molar-refractivity contribution in [3.05, 3.63) is 71.8 Å². The first-order chi connectivity index (χ1) is 24.8. The van der Waals surface area contributed by atoms with Gasteiger partial charge in [0.05, 0.1) is 32.4 Å². The maximum Gasteiger partial charge on any atom is 0.243 e. The summed E-state index contributed by atoms with van der Waals surface area (Å²) in [5.41, 5.74) is 0.915. The van der Waals surface area contributed by atoms with E-state index >= 15 is 0 Å². The lowest BCUT2D eigenvalue weighted by molar-refractivity contribution is -0.135. The number of morpholine rings is 1. The predicted molar refractivity (Wildman–Crippen MR) is 198 cm³/mol. The Balaban J connectivity index is 1.51. The summed E-state index contributed by atoms with van der Waals surface area (Å²) in [6.45, 7) is 12.3. The third-order valence-corrected chi connectivity index (χ3v) is 9.38. The first kappa shape index (κ1) is 40.6. The molecule has 5 atom stereocenters. The molecule has 2 fully saturated rings. The average Bonchev–Trinajstić information content (AvgIpc) is 3.87. The summed E-state index contributed by atoms with van der Waals surface area (Å²) in [4.78, 5) is 70.5. The topological polar surface area (TPSA) is 158 Å². The van der Waals surface area contributed by atoms with Crippen LogP contribution in [0.5, 0.6) is 0 Å². The van der Waals surface area contributed by atoms with Crippen LogP contribution in [-0.4, -0.2) is 104 Å². The number of rotatable bonds is 20. The van der Waals surface area contributed by atoms with Crippen molar-refractivity contribution >= 4 is 29.4 Å². The molecule has 52 heavy (non-hydrogen) atoms. The summed E-state index contributed by atoms with van der Waals surface area (Å²) in [5.74, 6) is -1.83. The van der Waals surface area contributed by atoms with Crippen LogP contribution in [0, 0.1) is 11.8 Å². The van der Waals surface area contributed by atoms with Crippen molar-refractivity contribution in [2.24, 2.45) is 11.8 Å². The van der Waals surface area contributed by atoms with Gasteiger partial charge in [-0.05, 0) is 55.6 Å². The zero-order valence-electron chi connectivity index (χ0n) is 31.3. The number of carbonyl (C=O) groups excluding carboxylic acids is 5. The van der Waals surface area contributed by atoms with E-state index in [1.807, 2.05) is 93.3 Å². The normalized spacial score (nSPS) is 19.6. The Morgan fingerprint density at radius 2 is 1.19 bits per heavy atom. The van der Waals surface area contributed by atoms with Crippen LogP contribution in [-0.2, 0) is 46.3 Å². The molecule has 2 heterocycles. The van der Waals surface area contributed by atoms with E-state index in [0.29, 0.717) is 58.6 Å².